The zero-order valence-electron chi connectivity index (χ0n) is 14.5. The fourth-order valence-corrected chi connectivity index (χ4v) is 3.46. The largest absolute Gasteiger partial charge is 0.467 e. The lowest BCUT2D eigenvalue weighted by atomic mass is 10.2. The number of hydrogen-bond acceptors (Lipinski definition) is 6. The number of para-hydroxylation sites is 1. The molecule has 0 unspecified atom stereocenters. The van der Waals surface area contributed by atoms with Gasteiger partial charge in [0.05, 0.1) is 24.1 Å². The molecule has 0 aliphatic rings. The summed E-state index contributed by atoms with van der Waals surface area (Å²) in [5.41, 5.74) is 2.52. The fraction of sp³-hybridized carbons (Fsp3) is 0.158. The molecule has 0 aliphatic heterocycles. The normalized spacial score (nSPS) is 11.1. The molecule has 8 heteroatoms. The number of hydrogen-bond donors (Lipinski definition) is 1. The Kier molecular flexibility index (Phi) is 4.88. The van der Waals surface area contributed by atoms with Crippen molar-refractivity contribution in [1.82, 2.24) is 25.1 Å². The highest BCUT2D eigenvalue weighted by molar-refractivity contribution is 7.99. The highest BCUT2D eigenvalue weighted by atomic mass is 32.2. The second-order valence-corrected chi connectivity index (χ2v) is 6.77. The van der Waals surface area contributed by atoms with Crippen LogP contribution in [0.5, 0.6) is 0 Å². The first-order valence-corrected chi connectivity index (χ1v) is 9.39. The quantitative estimate of drug-likeness (QED) is 0.392. The van der Waals surface area contributed by atoms with E-state index < -0.39 is 0 Å². The summed E-state index contributed by atoms with van der Waals surface area (Å²) < 4.78 is 7.24. The maximum atomic E-state index is 12.0. The first-order valence-electron chi connectivity index (χ1n) is 8.40. The van der Waals surface area contributed by atoms with Gasteiger partial charge in [0.15, 0.2) is 5.65 Å². The van der Waals surface area contributed by atoms with Gasteiger partial charge in [0, 0.05) is 11.9 Å². The van der Waals surface area contributed by atoms with E-state index in [1.807, 2.05) is 41.0 Å². The Morgan fingerprint density at radius 2 is 2.15 bits per heavy atom. The first kappa shape index (κ1) is 17.3. The average molecular weight is 379 g/mol. The van der Waals surface area contributed by atoms with Crippen LogP contribution in [0.2, 0.25) is 0 Å². The Morgan fingerprint density at radius 1 is 1.26 bits per heavy atom. The Labute approximate surface area is 159 Å². The molecule has 4 aromatic rings. The Morgan fingerprint density at radius 3 is 2.96 bits per heavy atom. The molecule has 0 saturated heterocycles. The molecule has 136 valence electrons. The molecule has 0 bridgehead atoms. The molecule has 4 rings (SSSR count). The van der Waals surface area contributed by atoms with Crippen LogP contribution in [0.25, 0.3) is 22.1 Å². The monoisotopic (exact) mass is 379 g/mol. The zero-order valence-corrected chi connectivity index (χ0v) is 15.3. The van der Waals surface area contributed by atoms with E-state index in [2.05, 4.69) is 27.1 Å². The number of fused-ring (bicyclic) bond motifs is 3. The molecule has 1 amide bonds. The van der Waals surface area contributed by atoms with E-state index in [1.54, 1.807) is 12.3 Å². The number of benzene rings is 1. The highest BCUT2D eigenvalue weighted by Gasteiger charge is 2.14. The van der Waals surface area contributed by atoms with E-state index in [-0.39, 0.29) is 11.7 Å². The van der Waals surface area contributed by atoms with Crippen LogP contribution < -0.4 is 5.32 Å². The number of carbonyl (C=O) groups excluding carboxylic acids is 1. The van der Waals surface area contributed by atoms with Gasteiger partial charge in [-0.3, -0.25) is 4.79 Å². The molecule has 1 aromatic carbocycles. The van der Waals surface area contributed by atoms with Crippen molar-refractivity contribution in [3.05, 3.63) is 61.1 Å². The van der Waals surface area contributed by atoms with Gasteiger partial charge in [-0.25, -0.2) is 4.98 Å². The van der Waals surface area contributed by atoms with Crippen LogP contribution in [0, 0.1) is 0 Å². The Hall–Kier alpha value is -3.13. The predicted octanol–water partition coefficient (Wildman–Crippen LogP) is 3.17. The van der Waals surface area contributed by atoms with Gasteiger partial charge in [0.1, 0.15) is 11.3 Å². The lowest BCUT2D eigenvalue weighted by Crippen LogP contribution is -2.24. The van der Waals surface area contributed by atoms with Crippen LogP contribution >= 0.6 is 11.8 Å². The first-order chi connectivity index (χ1) is 13.3. The Balaban J connectivity index is 1.52. The second kappa shape index (κ2) is 7.63. The van der Waals surface area contributed by atoms with Crippen molar-refractivity contribution in [1.29, 1.82) is 0 Å². The van der Waals surface area contributed by atoms with Gasteiger partial charge in [-0.15, -0.1) is 16.8 Å². The molecule has 0 spiro atoms. The molecule has 3 aromatic heterocycles. The molecule has 0 radical (unpaired) electrons. The van der Waals surface area contributed by atoms with Crippen LogP contribution in [0.15, 0.2) is 64.9 Å². The molecular formula is C19H17N5O2S. The fourth-order valence-electron chi connectivity index (χ4n) is 2.84. The van der Waals surface area contributed by atoms with E-state index in [1.165, 1.54) is 11.8 Å². The molecule has 1 N–H and O–H groups in total. The van der Waals surface area contributed by atoms with E-state index in [4.69, 9.17) is 4.42 Å². The number of rotatable bonds is 7. The minimum Gasteiger partial charge on any atom is -0.467 e. The van der Waals surface area contributed by atoms with Crippen LogP contribution in [0.1, 0.15) is 5.76 Å². The molecule has 0 aliphatic carbocycles. The third kappa shape index (κ3) is 3.56. The topological polar surface area (TPSA) is 85.8 Å². The predicted molar refractivity (Wildman–Crippen MR) is 104 cm³/mol. The van der Waals surface area contributed by atoms with Gasteiger partial charge < -0.3 is 14.3 Å². The molecule has 27 heavy (non-hydrogen) atoms. The van der Waals surface area contributed by atoms with Crippen LogP contribution in [-0.4, -0.2) is 31.4 Å². The van der Waals surface area contributed by atoms with E-state index in [9.17, 15) is 4.79 Å². The summed E-state index contributed by atoms with van der Waals surface area (Å²) in [5.74, 6) is 0.795. The van der Waals surface area contributed by atoms with Gasteiger partial charge in [0.2, 0.25) is 11.1 Å². The number of carbonyl (C=O) groups is 1. The molecule has 3 heterocycles. The van der Waals surface area contributed by atoms with E-state index in [0.29, 0.717) is 24.0 Å². The number of furan rings is 1. The van der Waals surface area contributed by atoms with Crippen molar-refractivity contribution in [2.75, 3.05) is 5.75 Å². The summed E-state index contributed by atoms with van der Waals surface area (Å²) in [5, 5.41) is 12.8. The lowest BCUT2D eigenvalue weighted by Gasteiger charge is -2.04. The van der Waals surface area contributed by atoms with Crippen LogP contribution in [0.3, 0.4) is 0 Å². The minimum atomic E-state index is -0.119. The van der Waals surface area contributed by atoms with Crippen LogP contribution in [0.4, 0.5) is 0 Å². The third-order valence-corrected chi connectivity index (χ3v) is 4.88. The number of nitrogens with one attached hydrogen (secondary N) is 1. The summed E-state index contributed by atoms with van der Waals surface area (Å²) in [7, 11) is 0. The maximum Gasteiger partial charge on any atom is 0.230 e. The zero-order chi connectivity index (χ0) is 18.6. The van der Waals surface area contributed by atoms with Crippen molar-refractivity contribution in [3.8, 4) is 0 Å². The van der Waals surface area contributed by atoms with Crippen molar-refractivity contribution < 1.29 is 9.21 Å². The maximum absolute atomic E-state index is 12.0. The van der Waals surface area contributed by atoms with Crippen molar-refractivity contribution in [2.24, 2.45) is 0 Å². The Bertz CT molecular complexity index is 1100. The number of aromatic nitrogens is 4. The van der Waals surface area contributed by atoms with Crippen molar-refractivity contribution in [2.45, 2.75) is 18.2 Å². The summed E-state index contributed by atoms with van der Waals surface area (Å²) in [4.78, 5) is 16.6. The molecule has 0 fully saturated rings. The van der Waals surface area contributed by atoms with E-state index in [0.717, 1.165) is 22.1 Å². The molecule has 0 atom stereocenters. The third-order valence-electron chi connectivity index (χ3n) is 4.04. The minimum absolute atomic E-state index is 0.119. The lowest BCUT2D eigenvalue weighted by molar-refractivity contribution is -0.118. The smallest absolute Gasteiger partial charge is 0.230 e. The SMILES string of the molecule is C=CCn1c2ccccc2c2nnc(SCC(=O)NCc3ccco3)nc21. The molecule has 0 saturated carbocycles. The number of amides is 1. The standard InChI is InChI=1S/C19H17N5O2S/c1-2-9-24-15-8-4-3-7-14(15)17-18(24)21-19(23-22-17)27-12-16(25)20-11-13-6-5-10-26-13/h2-8,10H,1,9,11-12H2,(H,20,25). The van der Waals surface area contributed by atoms with Gasteiger partial charge in [-0.05, 0) is 18.2 Å². The van der Waals surface area contributed by atoms with Gasteiger partial charge in [-0.2, -0.15) is 0 Å². The van der Waals surface area contributed by atoms with Crippen molar-refractivity contribution >= 4 is 39.7 Å². The summed E-state index contributed by atoms with van der Waals surface area (Å²) in [6.07, 6.45) is 3.40. The average Bonchev–Trinajstić information content (AvgIpc) is 3.32. The van der Waals surface area contributed by atoms with Gasteiger partial charge in [0.25, 0.3) is 0 Å². The van der Waals surface area contributed by atoms with Crippen molar-refractivity contribution in [3.63, 3.8) is 0 Å². The summed E-state index contributed by atoms with van der Waals surface area (Å²) in [6.45, 7) is 4.80. The number of allylic oxidation sites excluding steroid dienone is 1. The number of thioether (sulfide) groups is 1. The second-order valence-electron chi connectivity index (χ2n) is 5.83. The molecular weight excluding hydrogens is 362 g/mol. The summed E-state index contributed by atoms with van der Waals surface area (Å²) >= 11 is 1.25. The van der Waals surface area contributed by atoms with E-state index >= 15 is 0 Å². The van der Waals surface area contributed by atoms with Gasteiger partial charge in [-0.1, -0.05) is 36.0 Å². The highest BCUT2D eigenvalue weighted by Crippen LogP contribution is 2.27. The molecule has 7 nitrogen and oxygen atoms in total. The summed E-state index contributed by atoms with van der Waals surface area (Å²) in [6, 6.07) is 11.6. The van der Waals surface area contributed by atoms with Gasteiger partial charge >= 0.3 is 0 Å². The number of nitrogens with zero attached hydrogens (tertiary/aromatic N) is 4. The van der Waals surface area contributed by atoms with Crippen LogP contribution in [-0.2, 0) is 17.9 Å².